The fourth-order valence-corrected chi connectivity index (χ4v) is 4.51. The predicted molar refractivity (Wildman–Crippen MR) is 157 cm³/mol. The number of fused-ring (bicyclic) bond motifs is 1. The number of hydrogen-bond acceptors (Lipinski definition) is 9. The first-order chi connectivity index (χ1) is 20.5. The molecule has 0 aliphatic heterocycles. The summed E-state index contributed by atoms with van der Waals surface area (Å²) in [6.07, 6.45) is 5.37. The molecule has 2 aromatic heterocycles. The average molecular weight is 586 g/mol. The Morgan fingerprint density at radius 2 is 1.88 bits per heavy atom. The van der Waals surface area contributed by atoms with Crippen molar-refractivity contribution in [3.63, 3.8) is 0 Å². The number of hydrogen-bond donors (Lipinski definition) is 5. The molecule has 0 bridgehead atoms. The van der Waals surface area contributed by atoms with Crippen molar-refractivity contribution in [3.8, 4) is 12.3 Å². The molecular formula is C29H31N9O5. The standard InChI is InChI=1S/C29H31N9O5/c1-5-12-38(15-20-14-22-24(13-16(20)2)31-18(4)32-28(22)41)21-8-6-19(7-9-21)27(40)33-23(29(42)43)10-11-25(39)30-17(3)26-34-36-37-35-26/h1,6-9,13-14,17,23H,10-12,15H2,2-4H3,(H,30,39)(H,33,40)(H,42,43)(H,31,32,41)(H,34,35,36,37)/t17-,23+/m1/s1. The van der Waals surface area contributed by atoms with Gasteiger partial charge in [0.25, 0.3) is 11.5 Å². The number of rotatable bonds is 12. The summed E-state index contributed by atoms with van der Waals surface area (Å²) in [6.45, 7) is 5.99. The molecule has 0 fully saturated rings. The summed E-state index contributed by atoms with van der Waals surface area (Å²) < 4.78 is 0. The maximum Gasteiger partial charge on any atom is 0.326 e. The Bertz CT molecular complexity index is 1730. The number of aromatic amines is 2. The zero-order valence-electron chi connectivity index (χ0n) is 23.8. The van der Waals surface area contributed by atoms with Gasteiger partial charge in [0.15, 0.2) is 5.82 Å². The van der Waals surface area contributed by atoms with E-state index >= 15 is 0 Å². The normalized spacial score (nSPS) is 12.2. The number of amides is 2. The molecule has 0 radical (unpaired) electrons. The van der Waals surface area contributed by atoms with Crippen molar-refractivity contribution in [2.75, 3.05) is 11.4 Å². The van der Waals surface area contributed by atoms with Crippen LogP contribution in [0.2, 0.25) is 0 Å². The van der Waals surface area contributed by atoms with Gasteiger partial charge in [-0.1, -0.05) is 11.1 Å². The number of aromatic nitrogens is 6. The summed E-state index contributed by atoms with van der Waals surface area (Å²) >= 11 is 0. The Morgan fingerprint density at radius 3 is 2.53 bits per heavy atom. The van der Waals surface area contributed by atoms with Crippen molar-refractivity contribution in [1.82, 2.24) is 41.2 Å². The van der Waals surface area contributed by atoms with E-state index < -0.39 is 29.9 Å². The lowest BCUT2D eigenvalue weighted by Crippen LogP contribution is -2.41. The van der Waals surface area contributed by atoms with Gasteiger partial charge in [-0.3, -0.25) is 14.4 Å². The van der Waals surface area contributed by atoms with Gasteiger partial charge >= 0.3 is 5.97 Å². The third-order valence-electron chi connectivity index (χ3n) is 6.81. The molecule has 2 heterocycles. The molecule has 0 saturated carbocycles. The summed E-state index contributed by atoms with van der Waals surface area (Å²) in [6, 6.07) is 8.42. The predicted octanol–water partition coefficient (Wildman–Crippen LogP) is 1.53. The fraction of sp³-hybridized carbons (Fsp3) is 0.310. The van der Waals surface area contributed by atoms with E-state index in [9.17, 15) is 24.3 Å². The van der Waals surface area contributed by atoms with E-state index in [4.69, 9.17) is 6.42 Å². The molecule has 5 N–H and O–H groups in total. The summed E-state index contributed by atoms with van der Waals surface area (Å²) in [5.41, 5.74) is 3.19. The van der Waals surface area contributed by atoms with Gasteiger partial charge in [-0.25, -0.2) is 9.78 Å². The van der Waals surface area contributed by atoms with E-state index in [-0.39, 0.29) is 36.3 Å². The van der Waals surface area contributed by atoms with E-state index in [1.165, 1.54) is 0 Å². The fourth-order valence-electron chi connectivity index (χ4n) is 4.51. The zero-order valence-corrected chi connectivity index (χ0v) is 23.8. The van der Waals surface area contributed by atoms with E-state index in [1.807, 2.05) is 17.9 Å². The second-order valence-electron chi connectivity index (χ2n) is 10.0. The van der Waals surface area contributed by atoms with Crippen LogP contribution in [0, 0.1) is 26.2 Å². The molecular weight excluding hydrogens is 554 g/mol. The number of H-pyrrole nitrogens is 2. The van der Waals surface area contributed by atoms with Crippen LogP contribution in [0.15, 0.2) is 41.2 Å². The highest BCUT2D eigenvalue weighted by Gasteiger charge is 2.23. The van der Waals surface area contributed by atoms with Crippen LogP contribution < -0.4 is 21.1 Å². The zero-order chi connectivity index (χ0) is 31.1. The minimum absolute atomic E-state index is 0.122. The van der Waals surface area contributed by atoms with Gasteiger partial charge in [-0.15, -0.1) is 16.6 Å². The van der Waals surface area contributed by atoms with Gasteiger partial charge < -0.3 is 25.6 Å². The number of aliphatic carboxylic acids is 1. The van der Waals surface area contributed by atoms with Crippen molar-refractivity contribution >= 4 is 34.4 Å². The molecule has 4 aromatic rings. The number of terminal acetylenes is 1. The Labute approximate surface area is 246 Å². The molecule has 43 heavy (non-hydrogen) atoms. The SMILES string of the molecule is C#CCN(Cc1cc2c(=O)[nH]c(C)nc2cc1C)c1ccc(C(=O)N[C@@H](CCC(=O)N[C@H](C)c2nn[nH]n2)C(=O)O)cc1. The minimum atomic E-state index is -1.28. The second kappa shape index (κ2) is 13.4. The van der Waals surface area contributed by atoms with Gasteiger partial charge in [0.1, 0.15) is 11.9 Å². The molecule has 2 amide bonds. The van der Waals surface area contributed by atoms with Crippen LogP contribution in [0.25, 0.3) is 10.9 Å². The van der Waals surface area contributed by atoms with Crippen LogP contribution in [-0.4, -0.2) is 66.1 Å². The van der Waals surface area contributed by atoms with Gasteiger partial charge in [-0.2, -0.15) is 5.21 Å². The Hall–Kier alpha value is -5.58. The molecule has 0 spiro atoms. The third-order valence-corrected chi connectivity index (χ3v) is 6.81. The lowest BCUT2D eigenvalue weighted by Gasteiger charge is -2.24. The van der Waals surface area contributed by atoms with Crippen LogP contribution in [0.3, 0.4) is 0 Å². The van der Waals surface area contributed by atoms with Crippen molar-refractivity contribution in [2.24, 2.45) is 0 Å². The van der Waals surface area contributed by atoms with Crippen LogP contribution in [-0.2, 0) is 16.1 Å². The average Bonchev–Trinajstić information content (AvgIpc) is 3.51. The number of aryl methyl sites for hydroxylation is 2. The maximum atomic E-state index is 12.9. The highest BCUT2D eigenvalue weighted by Crippen LogP contribution is 2.22. The Balaban J connectivity index is 1.41. The minimum Gasteiger partial charge on any atom is -0.480 e. The maximum absolute atomic E-state index is 12.9. The summed E-state index contributed by atoms with van der Waals surface area (Å²) in [7, 11) is 0. The monoisotopic (exact) mass is 585 g/mol. The molecule has 0 saturated heterocycles. The van der Waals surface area contributed by atoms with Gasteiger partial charge in [0.2, 0.25) is 5.91 Å². The number of nitrogens with one attached hydrogen (secondary N) is 4. The van der Waals surface area contributed by atoms with Crippen LogP contribution in [0.4, 0.5) is 5.69 Å². The molecule has 4 rings (SSSR count). The summed E-state index contributed by atoms with van der Waals surface area (Å²) in [4.78, 5) is 58.5. The van der Waals surface area contributed by atoms with E-state index in [0.29, 0.717) is 23.3 Å². The third kappa shape index (κ3) is 7.59. The lowest BCUT2D eigenvalue weighted by molar-refractivity contribution is -0.139. The topological polar surface area (TPSA) is 199 Å². The molecule has 222 valence electrons. The number of carboxylic acids is 1. The number of carboxylic acid groups (broad SMARTS) is 1. The summed E-state index contributed by atoms with van der Waals surface area (Å²) in [5.74, 6) is 1.17. The number of tetrazole rings is 1. The van der Waals surface area contributed by atoms with E-state index in [1.54, 1.807) is 44.2 Å². The Kier molecular flexibility index (Phi) is 9.46. The van der Waals surface area contributed by atoms with E-state index in [2.05, 4.69) is 47.1 Å². The first-order valence-corrected chi connectivity index (χ1v) is 13.4. The smallest absolute Gasteiger partial charge is 0.326 e. The van der Waals surface area contributed by atoms with Crippen LogP contribution in [0.1, 0.15) is 58.9 Å². The molecule has 14 nitrogen and oxygen atoms in total. The van der Waals surface area contributed by atoms with Crippen LogP contribution in [0.5, 0.6) is 0 Å². The number of anilines is 1. The van der Waals surface area contributed by atoms with Gasteiger partial charge in [0.05, 0.1) is 23.5 Å². The largest absolute Gasteiger partial charge is 0.480 e. The quantitative estimate of drug-likeness (QED) is 0.152. The highest BCUT2D eigenvalue weighted by molar-refractivity contribution is 5.97. The number of carbonyl (C=O) groups is 3. The van der Waals surface area contributed by atoms with Crippen molar-refractivity contribution in [1.29, 1.82) is 0 Å². The molecule has 0 unspecified atom stereocenters. The first kappa shape index (κ1) is 30.4. The van der Waals surface area contributed by atoms with Gasteiger partial charge in [-0.05, 0) is 74.7 Å². The van der Waals surface area contributed by atoms with E-state index in [0.717, 1.165) is 16.8 Å². The first-order valence-electron chi connectivity index (χ1n) is 13.4. The van der Waals surface area contributed by atoms with Crippen molar-refractivity contribution < 1.29 is 19.5 Å². The Morgan fingerprint density at radius 1 is 1.14 bits per heavy atom. The molecule has 2 aromatic carbocycles. The highest BCUT2D eigenvalue weighted by atomic mass is 16.4. The van der Waals surface area contributed by atoms with Gasteiger partial charge in [0, 0.05) is 24.2 Å². The molecule has 0 aliphatic rings. The van der Waals surface area contributed by atoms with Crippen molar-refractivity contribution in [2.45, 2.75) is 52.2 Å². The molecule has 0 aliphatic carbocycles. The van der Waals surface area contributed by atoms with Crippen molar-refractivity contribution in [3.05, 3.63) is 75.1 Å². The molecule has 2 atom stereocenters. The lowest BCUT2D eigenvalue weighted by atomic mass is 10.0. The number of benzene rings is 2. The number of nitrogens with zero attached hydrogens (tertiary/aromatic N) is 5. The number of carbonyl (C=O) groups excluding carboxylic acids is 2. The second-order valence-corrected chi connectivity index (χ2v) is 10.0. The summed E-state index contributed by atoms with van der Waals surface area (Å²) in [5, 5.41) is 28.5. The molecule has 14 heteroatoms. The van der Waals surface area contributed by atoms with Crippen LogP contribution >= 0.6 is 0 Å².